The van der Waals surface area contributed by atoms with Gasteiger partial charge in [-0.15, -0.1) is 0 Å². The van der Waals surface area contributed by atoms with Gasteiger partial charge >= 0.3 is 0 Å². The molecule has 1 aromatic heterocycles. The van der Waals surface area contributed by atoms with E-state index < -0.39 is 0 Å². The number of aromatic nitrogens is 1. The summed E-state index contributed by atoms with van der Waals surface area (Å²) < 4.78 is 17.2. The van der Waals surface area contributed by atoms with Crippen molar-refractivity contribution in [1.82, 2.24) is 5.16 Å². The van der Waals surface area contributed by atoms with Crippen LogP contribution in [0, 0.1) is 3.57 Å². The zero-order valence-corrected chi connectivity index (χ0v) is 13.2. The number of methoxy groups -OCH3 is 2. The fraction of sp³-hybridized carbons (Fsp3) is 0.133. The molecule has 0 saturated heterocycles. The van der Waals surface area contributed by atoms with Crippen molar-refractivity contribution in [2.75, 3.05) is 14.2 Å². The summed E-state index contributed by atoms with van der Waals surface area (Å²) in [5, 5.41) is 5.08. The number of fused-ring (bicyclic) bond motifs is 1. The van der Waals surface area contributed by atoms with Crippen molar-refractivity contribution < 1.29 is 14.0 Å². The number of hydrogen-bond acceptors (Lipinski definition) is 4. The average molecular weight is 381 g/mol. The van der Waals surface area contributed by atoms with Crippen molar-refractivity contribution in [3.05, 3.63) is 40.0 Å². The topological polar surface area (TPSA) is 44.5 Å². The van der Waals surface area contributed by atoms with Crippen molar-refractivity contribution in [2.24, 2.45) is 0 Å². The van der Waals surface area contributed by atoms with Gasteiger partial charge in [0.1, 0.15) is 5.69 Å². The highest BCUT2D eigenvalue weighted by Gasteiger charge is 2.17. The minimum absolute atomic E-state index is 0.564. The van der Waals surface area contributed by atoms with Crippen LogP contribution in [0.15, 0.2) is 40.9 Å². The fourth-order valence-corrected chi connectivity index (χ4v) is 2.70. The van der Waals surface area contributed by atoms with Crippen LogP contribution in [0.2, 0.25) is 0 Å². The van der Waals surface area contributed by atoms with Crippen LogP contribution in [0.4, 0.5) is 0 Å². The first-order valence-electron chi connectivity index (χ1n) is 6.01. The Labute approximate surface area is 129 Å². The number of nitrogens with zero attached hydrogens (tertiary/aromatic N) is 1. The SMILES string of the molecule is COc1ccc2c(-c3cccc(I)c3)noc2c1OC. The van der Waals surface area contributed by atoms with E-state index in [0.717, 1.165) is 20.2 Å². The van der Waals surface area contributed by atoms with Crippen LogP contribution >= 0.6 is 22.6 Å². The van der Waals surface area contributed by atoms with Gasteiger partial charge in [-0.3, -0.25) is 0 Å². The van der Waals surface area contributed by atoms with Gasteiger partial charge in [0.15, 0.2) is 5.75 Å². The van der Waals surface area contributed by atoms with Crippen LogP contribution in [0.5, 0.6) is 11.5 Å². The Bertz CT molecular complexity index is 767. The molecule has 1 heterocycles. The first kappa shape index (κ1) is 13.2. The maximum absolute atomic E-state index is 5.45. The van der Waals surface area contributed by atoms with Gasteiger partial charge in [0.2, 0.25) is 11.3 Å². The van der Waals surface area contributed by atoms with Crippen molar-refractivity contribution in [2.45, 2.75) is 0 Å². The summed E-state index contributed by atoms with van der Waals surface area (Å²) in [5.74, 6) is 1.19. The molecule has 0 N–H and O–H groups in total. The molecule has 2 aromatic carbocycles. The zero-order chi connectivity index (χ0) is 14.1. The van der Waals surface area contributed by atoms with Crippen molar-refractivity contribution in [1.29, 1.82) is 0 Å². The molecule has 0 fully saturated rings. The van der Waals surface area contributed by atoms with Gasteiger partial charge in [-0.25, -0.2) is 0 Å². The lowest BCUT2D eigenvalue weighted by atomic mass is 10.1. The van der Waals surface area contributed by atoms with Gasteiger partial charge < -0.3 is 14.0 Å². The molecule has 3 rings (SSSR count). The van der Waals surface area contributed by atoms with E-state index in [-0.39, 0.29) is 0 Å². The Morgan fingerprint density at radius 2 is 1.95 bits per heavy atom. The summed E-state index contributed by atoms with van der Waals surface area (Å²) in [4.78, 5) is 0. The van der Waals surface area contributed by atoms with Gasteiger partial charge in [-0.2, -0.15) is 0 Å². The summed E-state index contributed by atoms with van der Waals surface area (Å²) in [5.41, 5.74) is 2.42. The number of hydrogen-bond donors (Lipinski definition) is 0. The molecule has 0 aliphatic heterocycles. The smallest absolute Gasteiger partial charge is 0.213 e. The van der Waals surface area contributed by atoms with Gasteiger partial charge in [-0.1, -0.05) is 17.3 Å². The van der Waals surface area contributed by atoms with Crippen LogP contribution in [0.3, 0.4) is 0 Å². The summed E-state index contributed by atoms with van der Waals surface area (Å²) in [6, 6.07) is 11.9. The number of ether oxygens (including phenoxy) is 2. The second kappa shape index (κ2) is 5.32. The van der Waals surface area contributed by atoms with Crippen LogP contribution in [-0.4, -0.2) is 19.4 Å². The number of rotatable bonds is 3. The molecule has 0 radical (unpaired) electrons. The maximum atomic E-state index is 5.45. The Kier molecular flexibility index (Phi) is 3.52. The molecular formula is C15H12INO3. The molecule has 5 heteroatoms. The lowest BCUT2D eigenvalue weighted by molar-refractivity contribution is 0.348. The lowest BCUT2D eigenvalue weighted by Gasteiger charge is -2.06. The summed E-state index contributed by atoms with van der Waals surface area (Å²) >= 11 is 2.28. The zero-order valence-electron chi connectivity index (χ0n) is 11.0. The van der Waals surface area contributed by atoms with Crippen LogP contribution in [0.25, 0.3) is 22.2 Å². The van der Waals surface area contributed by atoms with Gasteiger partial charge in [-0.05, 0) is 46.9 Å². The monoisotopic (exact) mass is 381 g/mol. The molecule has 20 heavy (non-hydrogen) atoms. The first-order chi connectivity index (χ1) is 9.74. The third-order valence-corrected chi connectivity index (χ3v) is 3.75. The van der Waals surface area contributed by atoms with Crippen LogP contribution in [0.1, 0.15) is 0 Å². The summed E-state index contributed by atoms with van der Waals surface area (Å²) in [6.07, 6.45) is 0. The van der Waals surface area contributed by atoms with Crippen molar-refractivity contribution >= 4 is 33.6 Å². The second-order valence-electron chi connectivity index (χ2n) is 4.22. The number of halogens is 1. The van der Waals surface area contributed by atoms with Crippen LogP contribution < -0.4 is 9.47 Å². The van der Waals surface area contributed by atoms with E-state index in [0.29, 0.717) is 17.1 Å². The second-order valence-corrected chi connectivity index (χ2v) is 5.46. The largest absolute Gasteiger partial charge is 0.493 e. The van der Waals surface area contributed by atoms with Crippen LogP contribution in [-0.2, 0) is 0 Å². The van der Waals surface area contributed by atoms with Gasteiger partial charge in [0.05, 0.1) is 19.6 Å². The standard InChI is InChI=1S/C15H12INO3/c1-18-12-7-6-11-13(9-4-3-5-10(16)8-9)17-20-14(11)15(12)19-2/h3-8H,1-2H3. The number of benzene rings is 2. The molecule has 0 atom stereocenters. The predicted octanol–water partition coefficient (Wildman–Crippen LogP) is 4.12. The van der Waals surface area contributed by atoms with E-state index in [9.17, 15) is 0 Å². The lowest BCUT2D eigenvalue weighted by Crippen LogP contribution is -1.90. The Balaban J connectivity index is 2.24. The molecule has 3 aromatic rings. The van der Waals surface area contributed by atoms with E-state index in [4.69, 9.17) is 14.0 Å². The fourth-order valence-electron chi connectivity index (χ4n) is 2.16. The highest BCUT2D eigenvalue weighted by atomic mass is 127. The molecule has 0 amide bonds. The molecule has 0 bridgehead atoms. The van der Waals surface area contributed by atoms with E-state index in [1.165, 1.54) is 0 Å². The van der Waals surface area contributed by atoms with E-state index in [2.05, 4.69) is 33.8 Å². The molecule has 4 nitrogen and oxygen atoms in total. The van der Waals surface area contributed by atoms with E-state index >= 15 is 0 Å². The highest BCUT2D eigenvalue weighted by molar-refractivity contribution is 14.1. The van der Waals surface area contributed by atoms with Crippen molar-refractivity contribution in [3.63, 3.8) is 0 Å². The summed E-state index contributed by atoms with van der Waals surface area (Å²) in [6.45, 7) is 0. The average Bonchev–Trinajstić information content (AvgIpc) is 2.90. The van der Waals surface area contributed by atoms with Crippen molar-refractivity contribution in [3.8, 4) is 22.8 Å². The molecular weight excluding hydrogens is 369 g/mol. The quantitative estimate of drug-likeness (QED) is 0.641. The van der Waals surface area contributed by atoms with Gasteiger partial charge in [0.25, 0.3) is 0 Å². The third-order valence-electron chi connectivity index (χ3n) is 3.08. The molecule has 0 aliphatic carbocycles. The minimum atomic E-state index is 0.564. The highest BCUT2D eigenvalue weighted by Crippen LogP contribution is 2.39. The summed E-state index contributed by atoms with van der Waals surface area (Å²) in [7, 11) is 3.19. The minimum Gasteiger partial charge on any atom is -0.493 e. The normalized spacial score (nSPS) is 10.8. The Morgan fingerprint density at radius 3 is 2.65 bits per heavy atom. The van der Waals surface area contributed by atoms with E-state index in [1.807, 2.05) is 30.3 Å². The van der Waals surface area contributed by atoms with Gasteiger partial charge in [0, 0.05) is 9.13 Å². The Morgan fingerprint density at radius 1 is 1.10 bits per heavy atom. The molecule has 0 spiro atoms. The molecule has 0 unspecified atom stereocenters. The predicted molar refractivity (Wildman–Crippen MR) is 85.3 cm³/mol. The first-order valence-corrected chi connectivity index (χ1v) is 7.08. The van der Waals surface area contributed by atoms with E-state index in [1.54, 1.807) is 14.2 Å². The molecule has 0 saturated carbocycles. The third kappa shape index (κ3) is 2.11. The molecule has 0 aliphatic rings. The maximum Gasteiger partial charge on any atom is 0.213 e. The molecule has 102 valence electrons. The Hall–Kier alpha value is -1.76.